The van der Waals surface area contributed by atoms with E-state index in [9.17, 15) is 9.90 Å². The maximum atomic E-state index is 11.8. The second kappa shape index (κ2) is 5.53. The van der Waals surface area contributed by atoms with Crippen molar-refractivity contribution in [3.63, 3.8) is 0 Å². The molecule has 1 unspecified atom stereocenters. The van der Waals surface area contributed by atoms with Crippen molar-refractivity contribution < 1.29 is 9.90 Å². The quantitative estimate of drug-likeness (QED) is 0.779. The molecule has 0 amide bonds. The minimum Gasteiger partial charge on any atom is -0.480 e. The largest absolute Gasteiger partial charge is 0.480 e. The molecule has 98 valence electrons. The van der Waals surface area contributed by atoms with Gasteiger partial charge in [-0.2, -0.15) is 0 Å². The van der Waals surface area contributed by atoms with Gasteiger partial charge in [-0.1, -0.05) is 43.7 Å². The number of hydrogen-bond donors (Lipinski definition) is 2. The van der Waals surface area contributed by atoms with Gasteiger partial charge in [-0.05, 0) is 37.3 Å². The van der Waals surface area contributed by atoms with Crippen LogP contribution in [0.1, 0.15) is 38.2 Å². The highest BCUT2D eigenvalue weighted by molar-refractivity contribution is 5.80. The van der Waals surface area contributed by atoms with Gasteiger partial charge in [0.1, 0.15) is 5.54 Å². The van der Waals surface area contributed by atoms with E-state index >= 15 is 0 Å². The molecule has 1 atom stereocenters. The molecule has 1 saturated carbocycles. The summed E-state index contributed by atoms with van der Waals surface area (Å²) in [5, 5.41) is 13.0. The van der Waals surface area contributed by atoms with Crippen molar-refractivity contribution in [3.8, 4) is 0 Å². The summed E-state index contributed by atoms with van der Waals surface area (Å²) < 4.78 is 0. The van der Waals surface area contributed by atoms with Gasteiger partial charge in [0.05, 0.1) is 0 Å². The Hall–Kier alpha value is -1.35. The molecular weight excluding hydrogens is 226 g/mol. The van der Waals surface area contributed by atoms with Crippen LogP contribution in [0.2, 0.25) is 0 Å². The Labute approximate surface area is 108 Å². The zero-order chi connectivity index (χ0) is 13.0. The molecule has 1 aromatic carbocycles. The Kier molecular flexibility index (Phi) is 4.02. The van der Waals surface area contributed by atoms with E-state index < -0.39 is 11.5 Å². The number of benzene rings is 1. The van der Waals surface area contributed by atoms with Crippen LogP contribution in [0.5, 0.6) is 0 Å². The molecule has 0 aromatic heterocycles. The summed E-state index contributed by atoms with van der Waals surface area (Å²) in [6.07, 6.45) is 3.92. The van der Waals surface area contributed by atoms with E-state index in [1.807, 2.05) is 37.3 Å². The van der Waals surface area contributed by atoms with Crippen molar-refractivity contribution in [2.45, 2.75) is 38.1 Å². The molecule has 0 radical (unpaired) electrons. The third kappa shape index (κ3) is 2.72. The molecule has 3 nitrogen and oxygen atoms in total. The Balaban J connectivity index is 2.25. The summed E-state index contributed by atoms with van der Waals surface area (Å²) in [4.78, 5) is 11.8. The maximum Gasteiger partial charge on any atom is 0.328 e. The predicted molar refractivity (Wildman–Crippen MR) is 71.4 cm³/mol. The molecule has 0 saturated heterocycles. The zero-order valence-corrected chi connectivity index (χ0v) is 10.9. The summed E-state index contributed by atoms with van der Waals surface area (Å²) in [6.45, 7) is 2.83. The number of carboxylic acids is 1. The van der Waals surface area contributed by atoms with Crippen LogP contribution in [0, 0.1) is 5.92 Å². The summed E-state index contributed by atoms with van der Waals surface area (Å²) in [5.41, 5.74) is -0.0569. The molecule has 18 heavy (non-hydrogen) atoms. The van der Waals surface area contributed by atoms with Crippen molar-refractivity contribution in [3.05, 3.63) is 35.9 Å². The fraction of sp³-hybridized carbons (Fsp3) is 0.533. The fourth-order valence-electron chi connectivity index (χ4n) is 2.38. The van der Waals surface area contributed by atoms with Crippen LogP contribution < -0.4 is 5.32 Å². The van der Waals surface area contributed by atoms with Crippen molar-refractivity contribution in [1.82, 2.24) is 5.32 Å². The first-order chi connectivity index (χ1) is 8.69. The van der Waals surface area contributed by atoms with Crippen LogP contribution >= 0.6 is 0 Å². The van der Waals surface area contributed by atoms with E-state index in [0.29, 0.717) is 12.3 Å². The van der Waals surface area contributed by atoms with Gasteiger partial charge in [-0.15, -0.1) is 0 Å². The van der Waals surface area contributed by atoms with Gasteiger partial charge in [0.15, 0.2) is 0 Å². The molecule has 0 aliphatic heterocycles. The van der Waals surface area contributed by atoms with Crippen LogP contribution in [0.25, 0.3) is 0 Å². The van der Waals surface area contributed by atoms with E-state index in [4.69, 9.17) is 0 Å². The second-order valence-corrected chi connectivity index (χ2v) is 5.15. The summed E-state index contributed by atoms with van der Waals surface area (Å²) in [6, 6.07) is 9.54. The van der Waals surface area contributed by atoms with Crippen molar-refractivity contribution >= 4 is 5.97 Å². The summed E-state index contributed by atoms with van der Waals surface area (Å²) in [7, 11) is 0. The highest BCUT2D eigenvalue weighted by Crippen LogP contribution is 2.32. The van der Waals surface area contributed by atoms with E-state index in [-0.39, 0.29) is 0 Å². The summed E-state index contributed by atoms with van der Waals surface area (Å²) in [5.74, 6) is -0.0968. The number of carbonyl (C=O) groups is 1. The molecule has 0 spiro atoms. The van der Waals surface area contributed by atoms with Crippen LogP contribution in [-0.4, -0.2) is 17.6 Å². The molecular formula is C15H21NO2. The van der Waals surface area contributed by atoms with Gasteiger partial charge >= 0.3 is 5.97 Å². The minimum absolute atomic E-state index is 0.624. The normalized spacial score (nSPS) is 18.3. The zero-order valence-electron chi connectivity index (χ0n) is 10.9. The molecule has 1 aromatic rings. The topological polar surface area (TPSA) is 49.3 Å². The van der Waals surface area contributed by atoms with E-state index in [2.05, 4.69) is 5.32 Å². The van der Waals surface area contributed by atoms with Crippen molar-refractivity contribution in [2.75, 3.05) is 6.54 Å². The average molecular weight is 247 g/mol. The van der Waals surface area contributed by atoms with Crippen LogP contribution in [0.4, 0.5) is 0 Å². The molecule has 1 aliphatic carbocycles. The number of hydrogen-bond acceptors (Lipinski definition) is 2. The van der Waals surface area contributed by atoms with Gasteiger partial charge in [-0.3, -0.25) is 5.32 Å². The number of carboxylic acid groups (broad SMARTS) is 1. The lowest BCUT2D eigenvalue weighted by Gasteiger charge is -2.31. The standard InChI is InChI=1S/C15H21NO2/c1-2-10-15(14(17)18,16-11-12-8-9-12)13-6-4-3-5-7-13/h3-7,12,16H,2,8-11H2,1H3,(H,17,18). The van der Waals surface area contributed by atoms with Crippen molar-refractivity contribution in [1.29, 1.82) is 0 Å². The smallest absolute Gasteiger partial charge is 0.328 e. The molecule has 1 aliphatic rings. The lowest BCUT2D eigenvalue weighted by atomic mass is 9.85. The van der Waals surface area contributed by atoms with Crippen molar-refractivity contribution in [2.24, 2.45) is 5.92 Å². The van der Waals surface area contributed by atoms with Crippen LogP contribution in [0.3, 0.4) is 0 Å². The van der Waals surface area contributed by atoms with Gasteiger partial charge < -0.3 is 5.11 Å². The number of rotatable bonds is 7. The Morgan fingerprint density at radius 3 is 2.56 bits per heavy atom. The van der Waals surface area contributed by atoms with Gasteiger partial charge in [-0.25, -0.2) is 4.79 Å². The first kappa shape index (κ1) is 13.1. The fourth-order valence-corrected chi connectivity index (χ4v) is 2.38. The molecule has 0 heterocycles. The first-order valence-electron chi connectivity index (χ1n) is 6.73. The molecule has 2 rings (SSSR count). The third-order valence-corrected chi connectivity index (χ3v) is 3.65. The number of aliphatic carboxylic acids is 1. The monoisotopic (exact) mass is 247 g/mol. The lowest BCUT2D eigenvalue weighted by Crippen LogP contribution is -2.50. The second-order valence-electron chi connectivity index (χ2n) is 5.15. The van der Waals surface area contributed by atoms with E-state index in [1.165, 1.54) is 12.8 Å². The molecule has 2 N–H and O–H groups in total. The molecule has 1 fully saturated rings. The van der Waals surface area contributed by atoms with Crippen LogP contribution in [0.15, 0.2) is 30.3 Å². The maximum absolute atomic E-state index is 11.8. The Morgan fingerprint density at radius 2 is 2.06 bits per heavy atom. The first-order valence-corrected chi connectivity index (χ1v) is 6.73. The van der Waals surface area contributed by atoms with Gasteiger partial charge in [0.25, 0.3) is 0 Å². The Morgan fingerprint density at radius 1 is 1.39 bits per heavy atom. The van der Waals surface area contributed by atoms with Gasteiger partial charge in [0, 0.05) is 0 Å². The van der Waals surface area contributed by atoms with E-state index in [1.54, 1.807) is 0 Å². The summed E-state index contributed by atoms with van der Waals surface area (Å²) >= 11 is 0. The SMILES string of the molecule is CCCC(NCC1CC1)(C(=O)O)c1ccccc1. The Bertz CT molecular complexity index is 400. The lowest BCUT2D eigenvalue weighted by molar-refractivity contribution is -0.145. The minimum atomic E-state index is -0.918. The van der Waals surface area contributed by atoms with Gasteiger partial charge in [0.2, 0.25) is 0 Å². The number of nitrogens with one attached hydrogen (secondary N) is 1. The highest BCUT2D eigenvalue weighted by Gasteiger charge is 2.40. The van der Waals surface area contributed by atoms with E-state index in [0.717, 1.165) is 18.5 Å². The molecule has 3 heteroatoms. The average Bonchev–Trinajstić information content (AvgIpc) is 3.19. The van der Waals surface area contributed by atoms with Crippen LogP contribution in [-0.2, 0) is 10.3 Å². The highest BCUT2D eigenvalue weighted by atomic mass is 16.4. The predicted octanol–water partition coefficient (Wildman–Crippen LogP) is 2.77. The third-order valence-electron chi connectivity index (χ3n) is 3.65. The molecule has 0 bridgehead atoms.